The first-order valence-corrected chi connectivity index (χ1v) is 12.6. The van der Waals surface area contributed by atoms with E-state index in [1.807, 2.05) is 0 Å². The topological polar surface area (TPSA) is 8.29 Å². The quantitative estimate of drug-likeness (QED) is 0.144. The van der Waals surface area contributed by atoms with Gasteiger partial charge in [-0.25, -0.2) is 4.57 Å². The zero-order valence-electron chi connectivity index (χ0n) is 21.8. The van der Waals surface area contributed by atoms with E-state index in [1.165, 1.54) is 71.3 Å². The average molecular weight is 448 g/mol. The molecule has 0 saturated heterocycles. The Labute approximate surface area is 202 Å². The molecule has 0 radical (unpaired) electrons. The molecule has 6 aromatic rings. The van der Waals surface area contributed by atoms with Crippen molar-refractivity contribution in [3.63, 3.8) is 0 Å². The summed E-state index contributed by atoms with van der Waals surface area (Å²) in [5, 5.41) is 6.92. The first-order valence-electron chi connectivity index (χ1n) is 12.6. The smallest absolute Gasteiger partial charge is 0.224 e. The molecular formula is C32H35N2+. The summed E-state index contributed by atoms with van der Waals surface area (Å²) in [6.07, 6.45) is 3.30. The van der Waals surface area contributed by atoms with Crippen molar-refractivity contribution in [2.75, 3.05) is 0 Å². The van der Waals surface area contributed by atoms with Crippen LogP contribution in [-0.4, -0.2) is 4.40 Å². The lowest BCUT2D eigenvalue weighted by Gasteiger charge is -2.19. The van der Waals surface area contributed by atoms with Gasteiger partial charge >= 0.3 is 0 Å². The lowest BCUT2D eigenvalue weighted by molar-refractivity contribution is -0.643. The normalized spacial score (nSPS) is 13.1. The number of hydrogen-bond acceptors (Lipinski definition) is 0. The van der Waals surface area contributed by atoms with Gasteiger partial charge in [0.25, 0.3) is 0 Å². The van der Waals surface area contributed by atoms with E-state index in [1.54, 1.807) is 0 Å². The van der Waals surface area contributed by atoms with Crippen LogP contribution < -0.4 is 4.57 Å². The van der Waals surface area contributed by atoms with E-state index in [0.717, 1.165) is 6.42 Å². The third kappa shape index (κ3) is 2.84. The maximum absolute atomic E-state index is 2.58. The van der Waals surface area contributed by atoms with Gasteiger partial charge in [0.1, 0.15) is 7.05 Å². The van der Waals surface area contributed by atoms with Crippen LogP contribution in [0.2, 0.25) is 0 Å². The van der Waals surface area contributed by atoms with Crippen molar-refractivity contribution in [1.82, 2.24) is 4.40 Å². The molecule has 0 amide bonds. The van der Waals surface area contributed by atoms with E-state index in [2.05, 4.69) is 113 Å². The molecule has 0 bridgehead atoms. The third-order valence-corrected chi connectivity index (χ3v) is 7.78. The van der Waals surface area contributed by atoms with E-state index in [9.17, 15) is 0 Å². The Balaban J connectivity index is 2.00. The largest absolute Gasteiger partial charge is 0.307 e. The summed E-state index contributed by atoms with van der Waals surface area (Å²) in [5.74, 6) is 0.480. The molecule has 0 aliphatic heterocycles. The van der Waals surface area contributed by atoms with Gasteiger partial charge in [-0.1, -0.05) is 52.8 Å². The highest BCUT2D eigenvalue weighted by Crippen LogP contribution is 2.44. The number of benzene rings is 3. The van der Waals surface area contributed by atoms with Crippen molar-refractivity contribution in [3.05, 3.63) is 70.9 Å². The van der Waals surface area contributed by atoms with Gasteiger partial charge < -0.3 is 4.40 Å². The summed E-state index contributed by atoms with van der Waals surface area (Å²) in [5.41, 5.74) is 11.2. The standard InChI is InChI=1S/C32H35N2/c1-18(2)23-15-21-12-13-33(8)31-27-20(4)19(3)14-24-28-22(17-32(5,6)7)10-9-11-25(28)34(30(24)27)26(16-23)29(21)31/h9-16,18H,17H2,1-8H3/q+1. The summed E-state index contributed by atoms with van der Waals surface area (Å²) in [4.78, 5) is 0. The minimum Gasteiger partial charge on any atom is -0.307 e. The van der Waals surface area contributed by atoms with Gasteiger partial charge in [-0.05, 0) is 77.4 Å². The number of rotatable bonds is 2. The van der Waals surface area contributed by atoms with Crippen molar-refractivity contribution in [2.45, 2.75) is 60.8 Å². The molecule has 3 aromatic heterocycles. The predicted octanol–water partition coefficient (Wildman–Crippen LogP) is 8.14. The van der Waals surface area contributed by atoms with E-state index < -0.39 is 0 Å². The molecule has 0 atom stereocenters. The molecule has 0 fully saturated rings. The van der Waals surface area contributed by atoms with Crippen LogP contribution in [0.4, 0.5) is 0 Å². The molecule has 0 N–H and O–H groups in total. The first-order chi connectivity index (χ1) is 16.1. The molecule has 0 aliphatic carbocycles. The monoisotopic (exact) mass is 447 g/mol. The molecule has 0 spiro atoms. The van der Waals surface area contributed by atoms with Crippen LogP contribution >= 0.6 is 0 Å². The van der Waals surface area contributed by atoms with Gasteiger partial charge in [-0.15, -0.1) is 0 Å². The predicted molar refractivity (Wildman–Crippen MR) is 147 cm³/mol. The van der Waals surface area contributed by atoms with Crippen LogP contribution in [0.5, 0.6) is 0 Å². The maximum atomic E-state index is 2.58. The SMILES string of the molecule is Cc1cc2c3c(CC(C)(C)C)cccc3n3c4cc(C(C)C)cc5cc[n+](C)c(c(c1C)c23)c54. The molecular weight excluding hydrogens is 412 g/mol. The lowest BCUT2D eigenvalue weighted by Crippen LogP contribution is -2.29. The molecule has 0 aliphatic rings. The maximum Gasteiger partial charge on any atom is 0.224 e. The molecule has 0 saturated carbocycles. The van der Waals surface area contributed by atoms with E-state index >= 15 is 0 Å². The minimum atomic E-state index is 0.228. The molecule has 0 unspecified atom stereocenters. The number of fused-ring (bicyclic) bond motifs is 5. The van der Waals surface area contributed by atoms with Gasteiger partial charge in [0.2, 0.25) is 5.52 Å². The third-order valence-electron chi connectivity index (χ3n) is 7.78. The Kier molecular flexibility index (Phi) is 4.37. The number of aromatic nitrogens is 2. The minimum absolute atomic E-state index is 0.228. The number of pyridine rings is 2. The average Bonchev–Trinajstić information content (AvgIpc) is 3.09. The summed E-state index contributed by atoms with van der Waals surface area (Å²) in [7, 11) is 2.20. The molecule has 2 heteroatoms. The van der Waals surface area contributed by atoms with E-state index in [0.29, 0.717) is 5.92 Å². The van der Waals surface area contributed by atoms with Crippen molar-refractivity contribution >= 4 is 49.0 Å². The summed E-state index contributed by atoms with van der Waals surface area (Å²) in [6.45, 7) is 16.2. The van der Waals surface area contributed by atoms with Crippen LogP contribution in [0.15, 0.2) is 48.7 Å². The second kappa shape index (κ2) is 6.95. The van der Waals surface area contributed by atoms with Gasteiger partial charge in [-0.3, -0.25) is 0 Å². The summed E-state index contributed by atoms with van der Waals surface area (Å²) in [6, 6.07) is 16.5. The second-order valence-electron chi connectivity index (χ2n) is 11.9. The van der Waals surface area contributed by atoms with Gasteiger partial charge in [0, 0.05) is 16.8 Å². The lowest BCUT2D eigenvalue weighted by atomic mass is 9.86. The zero-order valence-corrected chi connectivity index (χ0v) is 21.8. The Hall–Kier alpha value is -3.13. The van der Waals surface area contributed by atoms with Crippen molar-refractivity contribution < 1.29 is 4.57 Å². The van der Waals surface area contributed by atoms with Crippen LogP contribution in [0, 0.1) is 19.3 Å². The van der Waals surface area contributed by atoms with Crippen molar-refractivity contribution in [3.8, 4) is 0 Å². The fourth-order valence-corrected chi connectivity index (χ4v) is 6.10. The Morgan fingerprint density at radius 2 is 1.68 bits per heavy atom. The zero-order chi connectivity index (χ0) is 24.1. The molecule has 172 valence electrons. The van der Waals surface area contributed by atoms with Gasteiger partial charge in [0.15, 0.2) is 6.20 Å². The van der Waals surface area contributed by atoms with Crippen LogP contribution in [0.1, 0.15) is 62.8 Å². The molecule has 34 heavy (non-hydrogen) atoms. The van der Waals surface area contributed by atoms with Gasteiger partial charge in [-0.2, -0.15) is 0 Å². The Morgan fingerprint density at radius 3 is 2.38 bits per heavy atom. The van der Waals surface area contributed by atoms with Gasteiger partial charge in [0.05, 0.1) is 27.3 Å². The Bertz CT molecular complexity index is 1760. The number of aryl methyl sites for hydroxylation is 3. The summed E-state index contributed by atoms with van der Waals surface area (Å²) < 4.78 is 4.92. The highest BCUT2D eigenvalue weighted by atomic mass is 15.0. The molecule has 3 aromatic carbocycles. The second-order valence-corrected chi connectivity index (χ2v) is 11.9. The highest BCUT2D eigenvalue weighted by molar-refractivity contribution is 6.26. The van der Waals surface area contributed by atoms with Crippen molar-refractivity contribution in [2.24, 2.45) is 12.5 Å². The number of nitrogens with zero attached hydrogens (tertiary/aromatic N) is 2. The highest BCUT2D eigenvalue weighted by Gasteiger charge is 2.26. The Morgan fingerprint density at radius 1 is 0.912 bits per heavy atom. The van der Waals surface area contributed by atoms with Crippen LogP contribution in [0.25, 0.3) is 49.0 Å². The number of hydrogen-bond donors (Lipinski definition) is 0. The summed E-state index contributed by atoms with van der Waals surface area (Å²) >= 11 is 0. The molecule has 3 heterocycles. The van der Waals surface area contributed by atoms with Crippen LogP contribution in [-0.2, 0) is 13.5 Å². The fourth-order valence-electron chi connectivity index (χ4n) is 6.10. The molecule has 2 nitrogen and oxygen atoms in total. The van der Waals surface area contributed by atoms with E-state index in [4.69, 9.17) is 0 Å². The van der Waals surface area contributed by atoms with Crippen LogP contribution in [0.3, 0.4) is 0 Å². The van der Waals surface area contributed by atoms with E-state index in [-0.39, 0.29) is 5.41 Å². The first kappa shape index (κ1) is 21.4. The molecule has 6 rings (SSSR count). The fraction of sp³-hybridized carbons (Fsp3) is 0.344. The van der Waals surface area contributed by atoms with Crippen molar-refractivity contribution in [1.29, 1.82) is 0 Å².